The SMILES string of the molecule is Cc1ccccc1C(=O)NC(C(=O)N1CCC(C)(CN)C1)C(C)C. The van der Waals surface area contributed by atoms with E-state index >= 15 is 0 Å². The number of carbonyl (C=O) groups excluding carboxylic acids is 2. The van der Waals surface area contributed by atoms with Gasteiger partial charge in [-0.1, -0.05) is 39.0 Å². The fourth-order valence-electron chi connectivity index (χ4n) is 3.14. The molecule has 2 atom stereocenters. The lowest BCUT2D eigenvalue weighted by Crippen LogP contribution is -2.51. The summed E-state index contributed by atoms with van der Waals surface area (Å²) in [6.45, 7) is 9.85. The zero-order valence-corrected chi connectivity index (χ0v) is 15.1. The molecule has 0 saturated carbocycles. The Labute approximate surface area is 144 Å². The van der Waals surface area contributed by atoms with Crippen LogP contribution in [0.1, 0.15) is 43.1 Å². The summed E-state index contributed by atoms with van der Waals surface area (Å²) in [6, 6.07) is 6.90. The number of amides is 2. The number of nitrogens with two attached hydrogens (primary N) is 1. The molecule has 1 aliphatic rings. The Morgan fingerprint density at radius 1 is 1.33 bits per heavy atom. The first-order valence-electron chi connectivity index (χ1n) is 8.63. The van der Waals surface area contributed by atoms with Crippen molar-refractivity contribution in [2.45, 2.75) is 40.2 Å². The Hall–Kier alpha value is -1.88. The lowest BCUT2D eigenvalue weighted by atomic mass is 9.90. The molecule has 0 spiro atoms. The van der Waals surface area contributed by atoms with Crippen molar-refractivity contribution >= 4 is 11.8 Å². The average molecular weight is 331 g/mol. The van der Waals surface area contributed by atoms with Crippen LogP contribution >= 0.6 is 0 Å². The van der Waals surface area contributed by atoms with Gasteiger partial charge in [0.05, 0.1) is 0 Å². The van der Waals surface area contributed by atoms with Crippen molar-refractivity contribution in [3.8, 4) is 0 Å². The smallest absolute Gasteiger partial charge is 0.252 e. The molecule has 0 radical (unpaired) electrons. The summed E-state index contributed by atoms with van der Waals surface area (Å²) in [5.41, 5.74) is 7.33. The van der Waals surface area contributed by atoms with Gasteiger partial charge in [0.2, 0.25) is 5.91 Å². The summed E-state index contributed by atoms with van der Waals surface area (Å²) in [4.78, 5) is 27.3. The summed E-state index contributed by atoms with van der Waals surface area (Å²) in [5, 5.41) is 2.93. The first-order chi connectivity index (χ1) is 11.3. The van der Waals surface area contributed by atoms with Crippen LogP contribution in [0.3, 0.4) is 0 Å². The molecule has 1 aromatic carbocycles. The second-order valence-electron chi connectivity index (χ2n) is 7.53. The van der Waals surface area contributed by atoms with Crippen molar-refractivity contribution in [1.29, 1.82) is 0 Å². The molecular weight excluding hydrogens is 302 g/mol. The van der Waals surface area contributed by atoms with Gasteiger partial charge in [-0.25, -0.2) is 0 Å². The number of nitrogens with one attached hydrogen (secondary N) is 1. The molecule has 2 amide bonds. The van der Waals surface area contributed by atoms with Crippen LogP contribution in [0.5, 0.6) is 0 Å². The highest BCUT2D eigenvalue weighted by molar-refractivity contribution is 5.98. The zero-order valence-electron chi connectivity index (χ0n) is 15.1. The summed E-state index contributed by atoms with van der Waals surface area (Å²) in [6.07, 6.45) is 0.909. The monoisotopic (exact) mass is 331 g/mol. The Morgan fingerprint density at radius 3 is 2.54 bits per heavy atom. The largest absolute Gasteiger partial charge is 0.340 e. The highest BCUT2D eigenvalue weighted by atomic mass is 16.2. The van der Waals surface area contributed by atoms with E-state index in [0.29, 0.717) is 25.2 Å². The number of aryl methyl sites for hydroxylation is 1. The standard InChI is InChI=1S/C19H29N3O2/c1-13(2)16(18(24)22-10-9-19(4,11-20)12-22)21-17(23)15-8-6-5-7-14(15)3/h5-8,13,16H,9-12,20H2,1-4H3,(H,21,23). The Bertz CT molecular complexity index is 614. The highest BCUT2D eigenvalue weighted by Gasteiger charge is 2.38. The zero-order chi connectivity index (χ0) is 17.9. The van der Waals surface area contributed by atoms with Gasteiger partial charge in [-0.05, 0) is 42.9 Å². The molecule has 132 valence electrons. The summed E-state index contributed by atoms with van der Waals surface area (Å²) >= 11 is 0. The molecule has 1 fully saturated rings. The lowest BCUT2D eigenvalue weighted by Gasteiger charge is -2.28. The Morgan fingerprint density at radius 2 is 2.00 bits per heavy atom. The third-order valence-corrected chi connectivity index (χ3v) is 4.97. The molecule has 24 heavy (non-hydrogen) atoms. The lowest BCUT2D eigenvalue weighted by molar-refractivity contribution is -0.133. The number of likely N-dealkylation sites (tertiary alicyclic amines) is 1. The number of hydrogen-bond donors (Lipinski definition) is 2. The van der Waals surface area contributed by atoms with Crippen LogP contribution in [0.15, 0.2) is 24.3 Å². The maximum Gasteiger partial charge on any atom is 0.252 e. The van der Waals surface area contributed by atoms with Crippen LogP contribution in [-0.4, -0.2) is 42.4 Å². The summed E-state index contributed by atoms with van der Waals surface area (Å²) < 4.78 is 0. The fourth-order valence-corrected chi connectivity index (χ4v) is 3.14. The maximum absolute atomic E-state index is 12.9. The van der Waals surface area contributed by atoms with Gasteiger partial charge >= 0.3 is 0 Å². The molecule has 5 heteroatoms. The molecule has 1 aliphatic heterocycles. The van der Waals surface area contributed by atoms with Gasteiger partial charge in [-0.3, -0.25) is 9.59 Å². The van der Waals surface area contributed by atoms with Crippen LogP contribution in [-0.2, 0) is 4.79 Å². The molecule has 0 aliphatic carbocycles. The van der Waals surface area contributed by atoms with E-state index < -0.39 is 6.04 Å². The molecule has 2 rings (SSSR count). The van der Waals surface area contributed by atoms with Gasteiger partial charge < -0.3 is 16.0 Å². The molecule has 0 bridgehead atoms. The minimum atomic E-state index is -0.516. The summed E-state index contributed by atoms with van der Waals surface area (Å²) in [7, 11) is 0. The van der Waals surface area contributed by atoms with E-state index in [0.717, 1.165) is 12.0 Å². The van der Waals surface area contributed by atoms with Crippen LogP contribution in [0.2, 0.25) is 0 Å². The van der Waals surface area contributed by atoms with Crippen molar-refractivity contribution in [2.24, 2.45) is 17.1 Å². The maximum atomic E-state index is 12.9. The molecule has 3 N–H and O–H groups in total. The van der Waals surface area contributed by atoms with E-state index in [1.54, 1.807) is 6.07 Å². The molecular formula is C19H29N3O2. The van der Waals surface area contributed by atoms with Crippen molar-refractivity contribution < 1.29 is 9.59 Å². The first kappa shape index (κ1) is 18.5. The van der Waals surface area contributed by atoms with E-state index in [2.05, 4.69) is 12.2 Å². The van der Waals surface area contributed by atoms with Gasteiger partial charge in [-0.15, -0.1) is 0 Å². The predicted octanol–water partition coefficient (Wildman–Crippen LogP) is 1.95. The second-order valence-corrected chi connectivity index (χ2v) is 7.53. The van der Waals surface area contributed by atoms with E-state index in [1.165, 1.54) is 0 Å². The Balaban J connectivity index is 2.11. The minimum Gasteiger partial charge on any atom is -0.340 e. The normalized spacial score (nSPS) is 21.8. The number of hydrogen-bond acceptors (Lipinski definition) is 3. The minimum absolute atomic E-state index is 0.0101. The third-order valence-electron chi connectivity index (χ3n) is 4.97. The molecule has 1 heterocycles. The molecule has 2 unspecified atom stereocenters. The number of benzene rings is 1. The van der Waals surface area contributed by atoms with Crippen LogP contribution in [0.25, 0.3) is 0 Å². The van der Waals surface area contributed by atoms with Crippen LogP contribution in [0, 0.1) is 18.3 Å². The van der Waals surface area contributed by atoms with Gasteiger partial charge in [0.25, 0.3) is 5.91 Å². The Kier molecular flexibility index (Phi) is 5.65. The van der Waals surface area contributed by atoms with E-state index in [4.69, 9.17) is 5.73 Å². The summed E-state index contributed by atoms with van der Waals surface area (Å²) in [5.74, 6) is -0.180. The predicted molar refractivity (Wildman–Crippen MR) is 95.6 cm³/mol. The van der Waals surface area contributed by atoms with Crippen molar-refractivity contribution in [3.63, 3.8) is 0 Å². The number of nitrogens with zero attached hydrogens (tertiary/aromatic N) is 1. The average Bonchev–Trinajstić information content (AvgIpc) is 2.95. The molecule has 1 saturated heterocycles. The van der Waals surface area contributed by atoms with Crippen molar-refractivity contribution in [3.05, 3.63) is 35.4 Å². The van der Waals surface area contributed by atoms with E-state index in [1.807, 2.05) is 43.9 Å². The molecule has 1 aromatic rings. The topological polar surface area (TPSA) is 75.4 Å². The van der Waals surface area contributed by atoms with Crippen LogP contribution in [0.4, 0.5) is 0 Å². The van der Waals surface area contributed by atoms with E-state index in [-0.39, 0.29) is 23.1 Å². The second kappa shape index (κ2) is 7.34. The van der Waals surface area contributed by atoms with E-state index in [9.17, 15) is 9.59 Å². The first-order valence-corrected chi connectivity index (χ1v) is 8.63. The molecule has 5 nitrogen and oxygen atoms in total. The van der Waals surface area contributed by atoms with Crippen molar-refractivity contribution in [1.82, 2.24) is 10.2 Å². The highest BCUT2D eigenvalue weighted by Crippen LogP contribution is 2.29. The van der Waals surface area contributed by atoms with Crippen molar-refractivity contribution in [2.75, 3.05) is 19.6 Å². The van der Waals surface area contributed by atoms with Gasteiger partial charge in [0, 0.05) is 18.7 Å². The van der Waals surface area contributed by atoms with Crippen LogP contribution < -0.4 is 11.1 Å². The number of rotatable bonds is 5. The number of carbonyl (C=O) groups is 2. The quantitative estimate of drug-likeness (QED) is 0.866. The van der Waals surface area contributed by atoms with Gasteiger partial charge in [0.1, 0.15) is 6.04 Å². The van der Waals surface area contributed by atoms with Gasteiger partial charge in [0.15, 0.2) is 0 Å². The molecule has 0 aromatic heterocycles. The van der Waals surface area contributed by atoms with Gasteiger partial charge in [-0.2, -0.15) is 0 Å². The third kappa shape index (κ3) is 3.96. The fraction of sp³-hybridized carbons (Fsp3) is 0.579.